The van der Waals surface area contributed by atoms with Gasteiger partial charge in [0.25, 0.3) is 0 Å². The summed E-state index contributed by atoms with van der Waals surface area (Å²) in [6.45, 7) is 12.8. The summed E-state index contributed by atoms with van der Waals surface area (Å²) in [4.78, 5) is 9.72. The Morgan fingerprint density at radius 3 is 2.50 bits per heavy atom. The summed E-state index contributed by atoms with van der Waals surface area (Å²) in [5, 5.41) is 15.9. The van der Waals surface area contributed by atoms with Crippen LogP contribution in [0.2, 0.25) is 0 Å². The molecule has 2 saturated heterocycles. The average molecular weight is 547 g/mol. The molecule has 0 unspecified atom stereocenters. The number of nitrogens with zero attached hydrogens (tertiary/aromatic N) is 4. The first kappa shape index (κ1) is 29.2. The molecule has 2 aromatic carbocycles. The van der Waals surface area contributed by atoms with Crippen LogP contribution in [0.3, 0.4) is 0 Å². The molecule has 3 aliphatic rings. The van der Waals surface area contributed by atoms with E-state index in [-0.39, 0.29) is 0 Å². The fraction of sp³-hybridized carbons (Fsp3) is 0.484. The maximum atomic E-state index is 9.31. The van der Waals surface area contributed by atoms with Crippen molar-refractivity contribution in [2.45, 2.75) is 39.7 Å². The molecule has 214 valence electrons. The van der Waals surface area contributed by atoms with E-state index < -0.39 is 0 Å². The van der Waals surface area contributed by atoms with Gasteiger partial charge < -0.3 is 29.7 Å². The molecule has 0 bridgehead atoms. The van der Waals surface area contributed by atoms with Gasteiger partial charge in [-0.3, -0.25) is 4.90 Å². The Bertz CT molecular complexity index is 1220. The molecule has 0 aromatic heterocycles. The molecule has 0 atom stereocenters. The maximum absolute atomic E-state index is 9.31. The van der Waals surface area contributed by atoms with E-state index in [1.54, 1.807) is 13.2 Å². The summed E-state index contributed by atoms with van der Waals surface area (Å²) >= 11 is 0. The largest absolute Gasteiger partial charge is 0.494 e. The number of nitrogens with one attached hydrogen (secondary N) is 2. The Morgan fingerprint density at radius 1 is 1.07 bits per heavy atom. The van der Waals surface area contributed by atoms with Crippen molar-refractivity contribution in [1.29, 1.82) is 5.26 Å². The van der Waals surface area contributed by atoms with Crippen LogP contribution in [-0.4, -0.2) is 76.6 Å². The van der Waals surface area contributed by atoms with Crippen molar-refractivity contribution in [1.82, 2.24) is 10.2 Å². The van der Waals surface area contributed by atoms with Crippen LogP contribution in [0, 0.1) is 11.3 Å². The first-order valence-corrected chi connectivity index (χ1v) is 14.4. The third-order valence-electron chi connectivity index (χ3n) is 7.39. The van der Waals surface area contributed by atoms with Crippen LogP contribution in [0.1, 0.15) is 44.7 Å². The number of hydrogen-bond donors (Lipinski definition) is 2. The van der Waals surface area contributed by atoms with E-state index in [0.717, 1.165) is 62.0 Å². The van der Waals surface area contributed by atoms with Crippen LogP contribution in [0.25, 0.3) is 5.57 Å². The van der Waals surface area contributed by atoms with Crippen LogP contribution < -0.4 is 25.0 Å². The van der Waals surface area contributed by atoms with Gasteiger partial charge in [0.15, 0.2) is 5.96 Å². The molecular formula is C31H42N6O3. The lowest BCUT2D eigenvalue weighted by molar-refractivity contribution is 0.0115. The highest BCUT2D eigenvalue weighted by Crippen LogP contribution is 2.32. The SMILES string of the molecule is CC.CCOc1cc(C2=CNC(Nc3ccc(N4CCC(N5CCOCC5)CC4)cc3OC)=NC2)ccc1C#N. The highest BCUT2D eigenvalue weighted by molar-refractivity contribution is 5.98. The first-order chi connectivity index (χ1) is 19.7. The van der Waals surface area contributed by atoms with E-state index >= 15 is 0 Å². The van der Waals surface area contributed by atoms with Crippen LogP contribution >= 0.6 is 0 Å². The minimum absolute atomic E-state index is 0.505. The molecule has 40 heavy (non-hydrogen) atoms. The van der Waals surface area contributed by atoms with Crippen LogP contribution in [0.15, 0.2) is 47.6 Å². The molecule has 2 N–H and O–H groups in total. The monoisotopic (exact) mass is 546 g/mol. The molecule has 0 saturated carbocycles. The van der Waals surface area contributed by atoms with Gasteiger partial charge >= 0.3 is 0 Å². The molecule has 0 radical (unpaired) electrons. The summed E-state index contributed by atoms with van der Waals surface area (Å²) in [5.74, 6) is 2.03. The van der Waals surface area contributed by atoms with E-state index in [2.05, 4.69) is 49.7 Å². The summed E-state index contributed by atoms with van der Waals surface area (Å²) in [6, 6.07) is 14.8. The minimum Gasteiger partial charge on any atom is -0.494 e. The number of hydrogen-bond acceptors (Lipinski definition) is 9. The second-order valence-corrected chi connectivity index (χ2v) is 9.61. The molecule has 0 aliphatic carbocycles. The number of benzene rings is 2. The van der Waals surface area contributed by atoms with E-state index in [9.17, 15) is 5.26 Å². The Kier molecular flexibility index (Phi) is 10.7. The topological polar surface area (TPSA) is 94.4 Å². The fourth-order valence-electron chi connectivity index (χ4n) is 5.29. The zero-order valence-corrected chi connectivity index (χ0v) is 24.2. The highest BCUT2D eigenvalue weighted by atomic mass is 16.5. The predicted molar refractivity (Wildman–Crippen MR) is 161 cm³/mol. The van der Waals surface area contributed by atoms with E-state index in [4.69, 9.17) is 14.2 Å². The lowest BCUT2D eigenvalue weighted by atomic mass is 10.0. The van der Waals surface area contributed by atoms with Gasteiger partial charge in [-0.05, 0) is 55.2 Å². The molecule has 3 aliphatic heterocycles. The standard InChI is InChI=1S/C29H36N6O3.C2H6/c1-3-38-27-16-21(4-5-22(27)18-30)23-19-31-29(32-20-23)33-26-7-6-25(17-28(26)36-2)34-10-8-24(9-11-34)35-12-14-37-15-13-35;1-2/h4-7,16-17,19,24H,3,8-15,20H2,1-2H3,(H2,31,32,33);1-2H3. The number of guanidine groups is 1. The van der Waals surface area contributed by atoms with Crippen molar-refractivity contribution in [3.05, 3.63) is 53.7 Å². The van der Waals surface area contributed by atoms with Gasteiger partial charge in [-0.15, -0.1) is 0 Å². The summed E-state index contributed by atoms with van der Waals surface area (Å²) in [6.07, 6.45) is 4.28. The zero-order valence-electron chi connectivity index (χ0n) is 24.2. The van der Waals surface area contributed by atoms with E-state index in [0.29, 0.717) is 36.5 Å². The van der Waals surface area contributed by atoms with Gasteiger partial charge in [-0.2, -0.15) is 5.26 Å². The predicted octanol–water partition coefficient (Wildman–Crippen LogP) is 4.70. The Labute approximate surface area is 238 Å². The second kappa shape index (κ2) is 14.6. The molecule has 9 nitrogen and oxygen atoms in total. The molecule has 3 heterocycles. The fourth-order valence-corrected chi connectivity index (χ4v) is 5.29. The first-order valence-electron chi connectivity index (χ1n) is 14.4. The van der Waals surface area contributed by atoms with Crippen molar-refractivity contribution >= 4 is 22.9 Å². The van der Waals surface area contributed by atoms with Crippen molar-refractivity contribution in [2.75, 3.05) is 69.9 Å². The second-order valence-electron chi connectivity index (χ2n) is 9.61. The molecule has 5 rings (SSSR count). The van der Waals surface area contributed by atoms with Gasteiger partial charge in [0.1, 0.15) is 17.6 Å². The number of methoxy groups -OCH3 is 1. The van der Waals surface area contributed by atoms with Crippen molar-refractivity contribution in [3.63, 3.8) is 0 Å². The van der Waals surface area contributed by atoms with E-state index in [1.807, 2.05) is 39.1 Å². The lowest BCUT2D eigenvalue weighted by Crippen LogP contribution is -2.49. The average Bonchev–Trinajstić information content (AvgIpc) is 3.03. The zero-order chi connectivity index (χ0) is 28.3. The number of ether oxygens (including phenoxy) is 3. The number of nitriles is 1. The molecule has 9 heteroatoms. The van der Waals surface area contributed by atoms with Crippen molar-refractivity contribution < 1.29 is 14.2 Å². The Balaban J connectivity index is 0.00000181. The van der Waals surface area contributed by atoms with Gasteiger partial charge in [0, 0.05) is 50.2 Å². The summed E-state index contributed by atoms with van der Waals surface area (Å²) in [7, 11) is 1.70. The van der Waals surface area contributed by atoms with Crippen LogP contribution in [-0.2, 0) is 4.74 Å². The van der Waals surface area contributed by atoms with Crippen molar-refractivity contribution in [3.8, 4) is 17.6 Å². The molecule has 2 aromatic rings. The van der Waals surface area contributed by atoms with Crippen molar-refractivity contribution in [2.24, 2.45) is 4.99 Å². The quantitative estimate of drug-likeness (QED) is 0.516. The number of rotatable bonds is 7. The number of morpholine rings is 1. The van der Waals surface area contributed by atoms with E-state index in [1.165, 1.54) is 18.5 Å². The Hall–Kier alpha value is -3.74. The number of piperidine rings is 1. The summed E-state index contributed by atoms with van der Waals surface area (Å²) in [5.41, 5.74) is 4.56. The third kappa shape index (κ3) is 7.06. The third-order valence-corrected chi connectivity index (χ3v) is 7.39. The highest BCUT2D eigenvalue weighted by Gasteiger charge is 2.26. The minimum atomic E-state index is 0.505. The molecular weight excluding hydrogens is 504 g/mol. The van der Waals surface area contributed by atoms with Gasteiger partial charge in [-0.25, -0.2) is 4.99 Å². The molecule has 0 amide bonds. The van der Waals surface area contributed by atoms with Crippen LogP contribution in [0.5, 0.6) is 11.5 Å². The molecule has 0 spiro atoms. The van der Waals surface area contributed by atoms with Gasteiger partial charge in [0.05, 0.1) is 44.7 Å². The van der Waals surface area contributed by atoms with Gasteiger partial charge in [-0.1, -0.05) is 19.9 Å². The van der Waals surface area contributed by atoms with Crippen LogP contribution in [0.4, 0.5) is 11.4 Å². The number of anilines is 2. The lowest BCUT2D eigenvalue weighted by Gasteiger charge is -2.40. The normalized spacial score (nSPS) is 17.8. The van der Waals surface area contributed by atoms with Gasteiger partial charge in [0.2, 0.25) is 0 Å². The summed E-state index contributed by atoms with van der Waals surface area (Å²) < 4.78 is 16.9. The Morgan fingerprint density at radius 2 is 1.85 bits per heavy atom. The smallest absolute Gasteiger partial charge is 0.200 e. The number of aliphatic imine (C=N–C) groups is 1. The maximum Gasteiger partial charge on any atom is 0.200 e. The molecule has 2 fully saturated rings.